The molecule has 1 fully saturated rings. The van der Waals surface area contributed by atoms with Gasteiger partial charge in [0.2, 0.25) is 5.91 Å². The van der Waals surface area contributed by atoms with E-state index < -0.39 is 4.92 Å². The van der Waals surface area contributed by atoms with Crippen LogP contribution in [0.4, 0.5) is 5.69 Å². The molecule has 2 aromatic rings. The van der Waals surface area contributed by atoms with E-state index in [4.69, 9.17) is 4.74 Å². The second-order valence-corrected chi connectivity index (χ2v) is 8.18. The number of hydrogen-bond donors (Lipinski definition) is 0. The van der Waals surface area contributed by atoms with Crippen molar-refractivity contribution < 1.29 is 19.2 Å². The number of fused-ring (bicyclic) bond motifs is 1. The summed E-state index contributed by atoms with van der Waals surface area (Å²) in [6.07, 6.45) is 1.67. The Hall–Kier alpha value is -2.50. The highest BCUT2D eigenvalue weighted by atomic mass is 32.2. The first-order valence-electron chi connectivity index (χ1n) is 8.89. The summed E-state index contributed by atoms with van der Waals surface area (Å²) in [7, 11) is 0. The zero-order chi connectivity index (χ0) is 20.8. The molecule has 1 aromatic carbocycles. The van der Waals surface area contributed by atoms with E-state index in [-0.39, 0.29) is 29.0 Å². The molecule has 0 spiro atoms. The van der Waals surface area contributed by atoms with Crippen LogP contribution in [-0.4, -0.2) is 64.0 Å². The number of nitrogens with zero attached hydrogens (tertiary/aromatic N) is 4. The molecular formula is C18H20N4O5S2. The first-order valence-corrected chi connectivity index (χ1v) is 10.9. The zero-order valence-corrected chi connectivity index (χ0v) is 17.2. The van der Waals surface area contributed by atoms with Gasteiger partial charge in [-0.05, 0) is 6.07 Å². The normalized spacial score (nSPS) is 14.9. The summed E-state index contributed by atoms with van der Waals surface area (Å²) < 4.78 is 7.68. The van der Waals surface area contributed by atoms with E-state index in [0.717, 1.165) is 5.52 Å². The Labute approximate surface area is 174 Å². The van der Waals surface area contributed by atoms with Gasteiger partial charge in [0.05, 0.1) is 39.9 Å². The molecule has 0 atom stereocenters. The van der Waals surface area contributed by atoms with E-state index in [1.54, 1.807) is 21.6 Å². The minimum Gasteiger partial charge on any atom is -0.378 e. The number of nitro groups is 1. The van der Waals surface area contributed by atoms with Crippen LogP contribution in [0.2, 0.25) is 0 Å². The largest absolute Gasteiger partial charge is 0.378 e. The average Bonchev–Trinajstić information content (AvgIpc) is 3.05. The topological polar surface area (TPSA) is 107 Å². The van der Waals surface area contributed by atoms with Crippen LogP contribution in [0.3, 0.4) is 0 Å². The van der Waals surface area contributed by atoms with Crippen molar-refractivity contribution in [3.8, 4) is 0 Å². The van der Waals surface area contributed by atoms with Crippen molar-refractivity contribution in [1.29, 1.82) is 0 Å². The number of carbonyl (C=O) groups is 2. The third-order valence-electron chi connectivity index (χ3n) is 4.22. The quantitative estimate of drug-likeness (QED) is 0.372. The van der Waals surface area contributed by atoms with Crippen LogP contribution in [0.15, 0.2) is 35.8 Å². The second kappa shape index (κ2) is 9.81. The number of amides is 2. The summed E-state index contributed by atoms with van der Waals surface area (Å²) in [5, 5.41) is 11.0. The van der Waals surface area contributed by atoms with E-state index in [2.05, 4.69) is 11.6 Å². The average molecular weight is 437 g/mol. The number of nitro benzene ring substituents is 1. The van der Waals surface area contributed by atoms with Crippen molar-refractivity contribution in [2.45, 2.75) is 6.54 Å². The van der Waals surface area contributed by atoms with Gasteiger partial charge in [-0.1, -0.05) is 17.4 Å². The van der Waals surface area contributed by atoms with Gasteiger partial charge in [0.15, 0.2) is 4.80 Å². The van der Waals surface area contributed by atoms with E-state index in [1.807, 2.05) is 0 Å². The minimum absolute atomic E-state index is 0.0120. The van der Waals surface area contributed by atoms with Crippen LogP contribution in [0.5, 0.6) is 0 Å². The molecular weight excluding hydrogens is 416 g/mol. The molecule has 1 aromatic heterocycles. The Morgan fingerprint density at radius 1 is 1.34 bits per heavy atom. The standard InChI is InChI=1S/C18H20N4O5S2/c1-2-5-21-14-4-3-13(22(25)26)10-15(14)29-18(21)19-16(23)11-28-12-17(24)20-6-8-27-9-7-20/h2-4,10H,1,5-9,11-12H2. The van der Waals surface area contributed by atoms with Gasteiger partial charge in [-0.3, -0.25) is 19.7 Å². The number of non-ortho nitro benzene ring substituents is 1. The van der Waals surface area contributed by atoms with Crippen molar-refractivity contribution in [2.24, 2.45) is 4.99 Å². The number of morpholine rings is 1. The van der Waals surface area contributed by atoms with Gasteiger partial charge >= 0.3 is 0 Å². The van der Waals surface area contributed by atoms with Crippen LogP contribution in [-0.2, 0) is 20.9 Å². The molecule has 0 aliphatic carbocycles. The molecule has 1 aliphatic heterocycles. The second-order valence-electron chi connectivity index (χ2n) is 6.18. The molecule has 0 unspecified atom stereocenters. The number of thiazole rings is 1. The lowest BCUT2D eigenvalue weighted by Crippen LogP contribution is -2.41. The van der Waals surface area contributed by atoms with E-state index in [9.17, 15) is 19.7 Å². The molecule has 0 radical (unpaired) electrons. The zero-order valence-electron chi connectivity index (χ0n) is 15.6. The molecule has 3 rings (SSSR count). The lowest BCUT2D eigenvalue weighted by molar-refractivity contribution is -0.384. The van der Waals surface area contributed by atoms with Gasteiger partial charge in [-0.2, -0.15) is 4.99 Å². The number of thioether (sulfide) groups is 1. The molecule has 29 heavy (non-hydrogen) atoms. The van der Waals surface area contributed by atoms with E-state index in [1.165, 1.54) is 35.2 Å². The molecule has 11 heteroatoms. The van der Waals surface area contributed by atoms with Crippen molar-refractivity contribution >= 4 is 50.8 Å². The number of carbonyl (C=O) groups excluding carboxylic acids is 2. The maximum absolute atomic E-state index is 12.3. The van der Waals surface area contributed by atoms with Crippen molar-refractivity contribution in [1.82, 2.24) is 9.47 Å². The molecule has 2 amide bonds. The van der Waals surface area contributed by atoms with Gasteiger partial charge in [0.25, 0.3) is 11.6 Å². The summed E-state index contributed by atoms with van der Waals surface area (Å²) in [4.78, 5) is 41.3. The van der Waals surface area contributed by atoms with Crippen LogP contribution < -0.4 is 4.80 Å². The Bertz CT molecular complexity index is 1010. The Kier molecular flexibility index (Phi) is 7.18. The predicted molar refractivity (Wildman–Crippen MR) is 112 cm³/mol. The van der Waals surface area contributed by atoms with Gasteiger partial charge in [-0.25, -0.2) is 0 Å². The minimum atomic E-state index is -0.457. The number of ether oxygens (including phenoxy) is 1. The van der Waals surface area contributed by atoms with Gasteiger partial charge < -0.3 is 14.2 Å². The highest BCUT2D eigenvalue weighted by molar-refractivity contribution is 8.00. The Morgan fingerprint density at radius 2 is 2.10 bits per heavy atom. The molecule has 0 bridgehead atoms. The third kappa shape index (κ3) is 5.31. The number of aromatic nitrogens is 1. The SMILES string of the molecule is C=CCn1c(=NC(=O)CSCC(=O)N2CCOCC2)sc2cc([N+](=O)[O-])ccc21. The lowest BCUT2D eigenvalue weighted by Gasteiger charge is -2.26. The van der Waals surface area contributed by atoms with E-state index in [0.29, 0.717) is 42.3 Å². The highest BCUT2D eigenvalue weighted by Gasteiger charge is 2.17. The highest BCUT2D eigenvalue weighted by Crippen LogP contribution is 2.23. The molecule has 1 saturated heterocycles. The number of benzene rings is 1. The fourth-order valence-corrected chi connectivity index (χ4v) is 4.62. The van der Waals surface area contributed by atoms with Gasteiger partial charge in [0.1, 0.15) is 0 Å². The maximum atomic E-state index is 12.3. The van der Waals surface area contributed by atoms with Gasteiger partial charge in [-0.15, -0.1) is 18.3 Å². The Morgan fingerprint density at radius 3 is 2.79 bits per heavy atom. The Balaban J connectivity index is 1.71. The third-order valence-corrected chi connectivity index (χ3v) is 6.17. The number of rotatable bonds is 7. The predicted octanol–water partition coefficient (Wildman–Crippen LogP) is 1.82. The first kappa shape index (κ1) is 21.2. The molecule has 0 saturated carbocycles. The fourth-order valence-electron chi connectivity index (χ4n) is 2.83. The number of hydrogen-bond acceptors (Lipinski definition) is 7. The molecule has 1 aliphatic rings. The molecule has 2 heterocycles. The van der Waals surface area contributed by atoms with Crippen molar-refractivity contribution in [3.05, 3.63) is 45.8 Å². The van der Waals surface area contributed by atoms with Crippen LogP contribution in [0.1, 0.15) is 0 Å². The van der Waals surface area contributed by atoms with E-state index >= 15 is 0 Å². The van der Waals surface area contributed by atoms with Crippen LogP contribution in [0.25, 0.3) is 10.2 Å². The summed E-state index contributed by atoms with van der Waals surface area (Å²) >= 11 is 2.44. The lowest BCUT2D eigenvalue weighted by atomic mass is 10.3. The molecule has 9 nitrogen and oxygen atoms in total. The number of allylic oxidation sites excluding steroid dienone is 1. The summed E-state index contributed by atoms with van der Waals surface area (Å²) in [5.41, 5.74) is 0.738. The summed E-state index contributed by atoms with van der Waals surface area (Å²) in [6.45, 7) is 6.37. The van der Waals surface area contributed by atoms with Crippen molar-refractivity contribution in [2.75, 3.05) is 37.8 Å². The molecule has 154 valence electrons. The smallest absolute Gasteiger partial charge is 0.270 e. The molecule has 0 N–H and O–H groups in total. The summed E-state index contributed by atoms with van der Waals surface area (Å²) in [6, 6.07) is 4.54. The monoisotopic (exact) mass is 436 g/mol. The van der Waals surface area contributed by atoms with Gasteiger partial charge in [0, 0.05) is 31.8 Å². The first-order chi connectivity index (χ1) is 14.0. The van der Waals surface area contributed by atoms with Crippen LogP contribution >= 0.6 is 23.1 Å². The van der Waals surface area contributed by atoms with Crippen LogP contribution in [0, 0.1) is 10.1 Å². The summed E-state index contributed by atoms with van der Waals surface area (Å²) in [5.74, 6) is -0.0731. The maximum Gasteiger partial charge on any atom is 0.270 e. The van der Waals surface area contributed by atoms with Crippen molar-refractivity contribution in [3.63, 3.8) is 0 Å². The fraction of sp³-hybridized carbons (Fsp3) is 0.389.